The number of anilines is 3. The molecule has 2 aliphatic rings. The molecule has 0 saturated carbocycles. The minimum absolute atomic E-state index is 0.141. The van der Waals surface area contributed by atoms with Gasteiger partial charge in [0.05, 0.1) is 13.0 Å². The van der Waals surface area contributed by atoms with Gasteiger partial charge in [0.1, 0.15) is 0 Å². The van der Waals surface area contributed by atoms with E-state index in [1.807, 2.05) is 17.0 Å². The normalized spacial score (nSPS) is 18.0. The van der Waals surface area contributed by atoms with Gasteiger partial charge in [-0.15, -0.1) is 0 Å². The Hall–Kier alpha value is -3.60. The first kappa shape index (κ1) is 21.3. The second-order valence-corrected chi connectivity index (χ2v) is 8.89. The summed E-state index contributed by atoms with van der Waals surface area (Å²) >= 11 is 0. The molecule has 0 spiro atoms. The number of ether oxygens (including phenoxy) is 1. The predicted molar refractivity (Wildman–Crippen MR) is 129 cm³/mol. The van der Waals surface area contributed by atoms with Crippen LogP contribution in [-0.4, -0.2) is 36.5 Å². The molecule has 3 aromatic rings. The Morgan fingerprint density at radius 3 is 1.97 bits per heavy atom. The van der Waals surface area contributed by atoms with Gasteiger partial charge in [0.2, 0.25) is 5.91 Å². The second-order valence-electron chi connectivity index (χ2n) is 8.89. The van der Waals surface area contributed by atoms with Crippen LogP contribution in [-0.2, 0) is 14.3 Å². The Bertz CT molecular complexity index is 1050. The summed E-state index contributed by atoms with van der Waals surface area (Å²) in [6, 6.07) is 29.4. The average Bonchev–Trinajstić information content (AvgIpc) is 3.24. The molecule has 0 bridgehead atoms. The van der Waals surface area contributed by atoms with Crippen LogP contribution in [0.3, 0.4) is 0 Å². The van der Waals surface area contributed by atoms with Gasteiger partial charge in [0.15, 0.2) is 0 Å². The van der Waals surface area contributed by atoms with E-state index in [1.54, 1.807) is 0 Å². The molecular weight excluding hydrogens is 412 g/mol. The SMILES string of the molecule is O=C1C[C@H](CCC(=O)N2CC(c3ccc(N(c4ccccc4)c4ccccc4)cc3)C2)CO1. The van der Waals surface area contributed by atoms with Crippen molar-refractivity contribution in [2.45, 2.75) is 25.2 Å². The molecule has 0 aliphatic carbocycles. The van der Waals surface area contributed by atoms with Crippen molar-refractivity contribution in [3.63, 3.8) is 0 Å². The number of carbonyl (C=O) groups is 2. The summed E-state index contributed by atoms with van der Waals surface area (Å²) < 4.78 is 4.99. The summed E-state index contributed by atoms with van der Waals surface area (Å²) in [6.45, 7) is 1.99. The summed E-state index contributed by atoms with van der Waals surface area (Å²) in [5.41, 5.74) is 4.60. The maximum Gasteiger partial charge on any atom is 0.306 e. The van der Waals surface area contributed by atoms with Crippen molar-refractivity contribution >= 4 is 28.9 Å². The van der Waals surface area contributed by atoms with Gasteiger partial charge in [-0.2, -0.15) is 0 Å². The van der Waals surface area contributed by atoms with Crippen LogP contribution in [0.25, 0.3) is 0 Å². The molecule has 0 unspecified atom stereocenters. The van der Waals surface area contributed by atoms with Crippen molar-refractivity contribution in [2.24, 2.45) is 5.92 Å². The molecule has 2 heterocycles. The number of amides is 1. The maximum absolute atomic E-state index is 12.5. The van der Waals surface area contributed by atoms with Crippen LogP contribution in [0, 0.1) is 5.92 Å². The third-order valence-electron chi connectivity index (χ3n) is 6.59. The first-order chi connectivity index (χ1) is 16.2. The largest absolute Gasteiger partial charge is 0.465 e. The zero-order valence-electron chi connectivity index (χ0n) is 18.6. The Morgan fingerprint density at radius 1 is 0.848 bits per heavy atom. The first-order valence-electron chi connectivity index (χ1n) is 11.6. The van der Waals surface area contributed by atoms with Crippen LogP contribution in [0.1, 0.15) is 30.7 Å². The van der Waals surface area contributed by atoms with Gasteiger partial charge in [0.25, 0.3) is 0 Å². The third-order valence-corrected chi connectivity index (χ3v) is 6.59. The molecule has 5 heteroatoms. The number of nitrogens with zero attached hydrogens (tertiary/aromatic N) is 2. The Balaban J connectivity index is 1.21. The predicted octanol–water partition coefficient (Wildman–Crippen LogP) is 5.43. The van der Waals surface area contributed by atoms with Gasteiger partial charge >= 0.3 is 5.97 Å². The molecule has 2 saturated heterocycles. The quantitative estimate of drug-likeness (QED) is 0.460. The van der Waals surface area contributed by atoms with E-state index in [1.165, 1.54) is 5.56 Å². The van der Waals surface area contributed by atoms with Crippen molar-refractivity contribution in [1.82, 2.24) is 4.90 Å². The zero-order valence-corrected chi connectivity index (χ0v) is 18.6. The van der Waals surface area contributed by atoms with E-state index in [9.17, 15) is 9.59 Å². The van der Waals surface area contributed by atoms with Crippen LogP contribution in [0.2, 0.25) is 0 Å². The van der Waals surface area contributed by atoms with Crippen LogP contribution >= 0.6 is 0 Å². The number of carbonyl (C=O) groups excluding carboxylic acids is 2. The highest BCUT2D eigenvalue weighted by Gasteiger charge is 2.32. The molecule has 0 radical (unpaired) electrons. The zero-order chi connectivity index (χ0) is 22.6. The highest BCUT2D eigenvalue weighted by Crippen LogP contribution is 2.36. The van der Waals surface area contributed by atoms with Crippen LogP contribution < -0.4 is 4.90 Å². The van der Waals surface area contributed by atoms with Crippen molar-refractivity contribution in [3.8, 4) is 0 Å². The summed E-state index contributed by atoms with van der Waals surface area (Å²) in [7, 11) is 0. The van der Waals surface area contributed by atoms with Gasteiger partial charge in [-0.25, -0.2) is 0 Å². The number of benzene rings is 3. The van der Waals surface area contributed by atoms with E-state index in [4.69, 9.17) is 4.74 Å². The van der Waals surface area contributed by atoms with Gasteiger partial charge in [-0.3, -0.25) is 9.59 Å². The van der Waals surface area contributed by atoms with E-state index in [0.717, 1.165) is 36.6 Å². The summed E-state index contributed by atoms with van der Waals surface area (Å²) in [4.78, 5) is 27.9. The van der Waals surface area contributed by atoms with E-state index < -0.39 is 0 Å². The molecule has 1 amide bonds. The van der Waals surface area contributed by atoms with E-state index in [-0.39, 0.29) is 17.8 Å². The Morgan fingerprint density at radius 2 is 1.42 bits per heavy atom. The number of likely N-dealkylation sites (tertiary alicyclic amines) is 1. The molecule has 0 N–H and O–H groups in total. The van der Waals surface area contributed by atoms with Crippen LogP contribution in [0.5, 0.6) is 0 Å². The van der Waals surface area contributed by atoms with E-state index >= 15 is 0 Å². The molecule has 2 fully saturated rings. The number of para-hydroxylation sites is 2. The van der Waals surface area contributed by atoms with E-state index in [0.29, 0.717) is 25.4 Å². The lowest BCUT2D eigenvalue weighted by Crippen LogP contribution is -2.48. The summed E-state index contributed by atoms with van der Waals surface area (Å²) in [5, 5.41) is 0. The van der Waals surface area contributed by atoms with E-state index in [2.05, 4.69) is 77.7 Å². The fourth-order valence-electron chi connectivity index (χ4n) is 4.63. The molecule has 5 rings (SSSR count). The van der Waals surface area contributed by atoms with Crippen LogP contribution in [0.4, 0.5) is 17.1 Å². The number of hydrogen-bond donors (Lipinski definition) is 0. The molecule has 33 heavy (non-hydrogen) atoms. The van der Waals surface area contributed by atoms with Crippen molar-refractivity contribution in [2.75, 3.05) is 24.6 Å². The standard InChI is InChI=1S/C28H28N2O3/c31-27(16-11-21-17-28(32)33-20-21)29-18-23(19-29)22-12-14-26(15-13-22)30(24-7-3-1-4-8-24)25-9-5-2-6-10-25/h1-10,12-15,21,23H,11,16-20H2/t21-/m0/s1. The fraction of sp³-hybridized carbons (Fsp3) is 0.286. The maximum atomic E-state index is 12.5. The number of esters is 1. The average molecular weight is 441 g/mol. The smallest absolute Gasteiger partial charge is 0.306 e. The molecule has 5 nitrogen and oxygen atoms in total. The van der Waals surface area contributed by atoms with Gasteiger partial charge in [-0.05, 0) is 48.4 Å². The third kappa shape index (κ3) is 4.77. The molecule has 168 valence electrons. The topological polar surface area (TPSA) is 49.9 Å². The van der Waals surface area contributed by atoms with Crippen molar-refractivity contribution < 1.29 is 14.3 Å². The fourth-order valence-corrected chi connectivity index (χ4v) is 4.63. The molecule has 1 atom stereocenters. The summed E-state index contributed by atoms with van der Waals surface area (Å²) in [5.74, 6) is 0.615. The molecule has 3 aromatic carbocycles. The lowest BCUT2D eigenvalue weighted by molar-refractivity contribution is -0.138. The minimum Gasteiger partial charge on any atom is -0.465 e. The molecular formula is C28H28N2O3. The Labute approximate surface area is 194 Å². The molecule has 0 aromatic heterocycles. The number of hydrogen-bond acceptors (Lipinski definition) is 4. The Kier molecular flexibility index (Phi) is 6.11. The summed E-state index contributed by atoms with van der Waals surface area (Å²) in [6.07, 6.45) is 1.68. The highest BCUT2D eigenvalue weighted by molar-refractivity contribution is 5.78. The highest BCUT2D eigenvalue weighted by atomic mass is 16.5. The lowest BCUT2D eigenvalue weighted by atomic mass is 9.90. The van der Waals surface area contributed by atoms with Crippen molar-refractivity contribution in [1.29, 1.82) is 0 Å². The lowest BCUT2D eigenvalue weighted by Gasteiger charge is -2.40. The van der Waals surface area contributed by atoms with Crippen LogP contribution in [0.15, 0.2) is 84.9 Å². The van der Waals surface area contributed by atoms with Gasteiger partial charge in [-0.1, -0.05) is 48.5 Å². The number of rotatable bonds is 7. The minimum atomic E-state index is -0.141. The first-order valence-corrected chi connectivity index (χ1v) is 11.6. The number of cyclic esters (lactones) is 1. The second kappa shape index (κ2) is 9.49. The molecule has 2 aliphatic heterocycles. The van der Waals surface area contributed by atoms with Gasteiger partial charge < -0.3 is 14.5 Å². The van der Waals surface area contributed by atoms with Crippen molar-refractivity contribution in [3.05, 3.63) is 90.5 Å². The van der Waals surface area contributed by atoms with Gasteiger partial charge in [0, 0.05) is 48.4 Å². The monoisotopic (exact) mass is 440 g/mol.